The molecule has 0 fully saturated rings. The molecule has 0 aliphatic heterocycles. The molecule has 104 valence electrons. The van der Waals surface area contributed by atoms with Gasteiger partial charge in [0, 0.05) is 13.1 Å². The number of nitro groups is 1. The smallest absolute Gasteiger partial charge is 0.276 e. The van der Waals surface area contributed by atoms with Crippen molar-refractivity contribution in [2.24, 2.45) is 0 Å². The Morgan fingerprint density at radius 2 is 1.80 bits per heavy atom. The van der Waals surface area contributed by atoms with Gasteiger partial charge in [-0.15, -0.1) is 0 Å². The first-order chi connectivity index (χ1) is 9.69. The number of anilines is 2. The van der Waals surface area contributed by atoms with Crippen LogP contribution in [0.3, 0.4) is 0 Å². The normalized spacial score (nSPS) is 10.1. The maximum Gasteiger partial charge on any atom is 0.276 e. The van der Waals surface area contributed by atoms with Gasteiger partial charge >= 0.3 is 0 Å². The Labute approximate surface area is 117 Å². The highest BCUT2D eigenvalue weighted by molar-refractivity contribution is 5.54. The maximum atomic E-state index is 10.9. The van der Waals surface area contributed by atoms with Gasteiger partial charge in [-0.1, -0.05) is 30.3 Å². The third-order valence-corrected chi connectivity index (χ3v) is 2.70. The number of benzene rings is 1. The molecule has 20 heavy (non-hydrogen) atoms. The van der Waals surface area contributed by atoms with Crippen LogP contribution < -0.4 is 10.6 Å². The van der Waals surface area contributed by atoms with Crippen molar-refractivity contribution in [2.75, 3.05) is 17.2 Å². The van der Waals surface area contributed by atoms with E-state index in [1.165, 1.54) is 12.1 Å². The predicted octanol–water partition coefficient (Wildman–Crippen LogP) is 3.03. The van der Waals surface area contributed by atoms with Crippen LogP contribution in [-0.2, 0) is 6.54 Å². The van der Waals surface area contributed by atoms with Crippen molar-refractivity contribution in [1.82, 2.24) is 4.98 Å². The second-order valence-corrected chi connectivity index (χ2v) is 4.22. The average molecular weight is 272 g/mol. The molecule has 0 aliphatic rings. The lowest BCUT2D eigenvalue weighted by Gasteiger charge is -2.08. The van der Waals surface area contributed by atoms with Crippen LogP contribution in [0.2, 0.25) is 0 Å². The third kappa shape index (κ3) is 3.68. The number of hydrogen-bond donors (Lipinski definition) is 2. The average Bonchev–Trinajstić information content (AvgIpc) is 2.46. The monoisotopic (exact) mass is 272 g/mol. The Balaban J connectivity index is 2.15. The van der Waals surface area contributed by atoms with E-state index in [2.05, 4.69) is 15.6 Å². The summed E-state index contributed by atoms with van der Waals surface area (Å²) in [5.74, 6) is 0.983. The molecule has 0 spiro atoms. The Morgan fingerprint density at radius 3 is 2.40 bits per heavy atom. The zero-order valence-corrected chi connectivity index (χ0v) is 11.2. The molecule has 1 aromatic carbocycles. The minimum atomic E-state index is -0.420. The Morgan fingerprint density at radius 1 is 1.15 bits per heavy atom. The molecule has 0 atom stereocenters. The van der Waals surface area contributed by atoms with Crippen LogP contribution in [0.5, 0.6) is 0 Å². The lowest BCUT2D eigenvalue weighted by molar-refractivity contribution is -0.384. The molecule has 1 aromatic heterocycles. The minimum absolute atomic E-state index is 0.0199. The van der Waals surface area contributed by atoms with E-state index in [1.807, 2.05) is 37.3 Å². The van der Waals surface area contributed by atoms with E-state index in [0.29, 0.717) is 24.7 Å². The first-order valence-corrected chi connectivity index (χ1v) is 6.37. The molecule has 0 unspecified atom stereocenters. The van der Waals surface area contributed by atoms with Crippen LogP contribution in [0.25, 0.3) is 0 Å². The van der Waals surface area contributed by atoms with Gasteiger partial charge in [-0.3, -0.25) is 10.1 Å². The van der Waals surface area contributed by atoms with Gasteiger partial charge in [0.05, 0.1) is 17.1 Å². The summed E-state index contributed by atoms with van der Waals surface area (Å²) in [6.45, 7) is 3.14. The Bertz CT molecular complexity index is 587. The molecule has 0 aliphatic carbocycles. The molecule has 1 heterocycles. The molecule has 6 heteroatoms. The highest BCUT2D eigenvalue weighted by atomic mass is 16.6. The van der Waals surface area contributed by atoms with Gasteiger partial charge in [-0.25, -0.2) is 4.98 Å². The lowest BCUT2D eigenvalue weighted by Crippen LogP contribution is -2.06. The largest absolute Gasteiger partial charge is 0.370 e. The second kappa shape index (κ2) is 6.51. The standard InChI is InChI=1S/C14H16N4O2/c1-2-15-13-8-12(18(19)20)9-14(17-13)16-10-11-6-4-3-5-7-11/h3-9H,2,10H2,1H3,(H2,15,16,17). The first kappa shape index (κ1) is 13.8. The van der Waals surface area contributed by atoms with E-state index in [4.69, 9.17) is 0 Å². The Kier molecular flexibility index (Phi) is 4.49. The van der Waals surface area contributed by atoms with Crippen LogP contribution in [0.4, 0.5) is 17.3 Å². The summed E-state index contributed by atoms with van der Waals surface area (Å²) >= 11 is 0. The summed E-state index contributed by atoms with van der Waals surface area (Å²) in [7, 11) is 0. The van der Waals surface area contributed by atoms with Crippen LogP contribution in [0, 0.1) is 10.1 Å². The van der Waals surface area contributed by atoms with E-state index in [0.717, 1.165) is 5.56 Å². The van der Waals surface area contributed by atoms with Gasteiger partial charge in [-0.2, -0.15) is 0 Å². The van der Waals surface area contributed by atoms with E-state index in [9.17, 15) is 10.1 Å². The molecule has 0 radical (unpaired) electrons. The van der Waals surface area contributed by atoms with E-state index >= 15 is 0 Å². The van der Waals surface area contributed by atoms with Crippen LogP contribution in [0.1, 0.15) is 12.5 Å². The molecule has 2 aromatic rings. The zero-order valence-electron chi connectivity index (χ0n) is 11.2. The summed E-state index contributed by atoms with van der Waals surface area (Å²) in [4.78, 5) is 14.8. The number of rotatable bonds is 6. The molecule has 2 N–H and O–H groups in total. The molecule has 0 amide bonds. The zero-order chi connectivity index (χ0) is 14.4. The summed E-state index contributed by atoms with van der Waals surface area (Å²) in [6.07, 6.45) is 0. The summed E-state index contributed by atoms with van der Waals surface area (Å²) < 4.78 is 0. The first-order valence-electron chi connectivity index (χ1n) is 6.37. The molecule has 0 saturated carbocycles. The number of nitrogens with zero attached hydrogens (tertiary/aromatic N) is 2. The van der Waals surface area contributed by atoms with Crippen molar-refractivity contribution in [3.05, 3.63) is 58.1 Å². The van der Waals surface area contributed by atoms with Crippen molar-refractivity contribution in [2.45, 2.75) is 13.5 Å². The van der Waals surface area contributed by atoms with E-state index < -0.39 is 4.92 Å². The van der Waals surface area contributed by atoms with Gasteiger partial charge in [0.1, 0.15) is 11.6 Å². The lowest BCUT2D eigenvalue weighted by atomic mass is 10.2. The molecular weight excluding hydrogens is 256 g/mol. The fourth-order valence-corrected chi connectivity index (χ4v) is 1.77. The number of hydrogen-bond acceptors (Lipinski definition) is 5. The molecule has 0 saturated heterocycles. The summed E-state index contributed by atoms with van der Waals surface area (Å²) in [5, 5.41) is 17.0. The molecule has 2 rings (SSSR count). The fourth-order valence-electron chi connectivity index (χ4n) is 1.77. The van der Waals surface area contributed by atoms with E-state index in [-0.39, 0.29) is 5.69 Å². The molecule has 6 nitrogen and oxygen atoms in total. The minimum Gasteiger partial charge on any atom is -0.370 e. The van der Waals surface area contributed by atoms with Crippen molar-refractivity contribution in [3.8, 4) is 0 Å². The van der Waals surface area contributed by atoms with Crippen molar-refractivity contribution < 1.29 is 4.92 Å². The maximum absolute atomic E-state index is 10.9. The van der Waals surface area contributed by atoms with Gasteiger partial charge in [0.2, 0.25) is 0 Å². The van der Waals surface area contributed by atoms with Crippen molar-refractivity contribution >= 4 is 17.3 Å². The quantitative estimate of drug-likeness (QED) is 0.624. The van der Waals surface area contributed by atoms with Crippen LogP contribution in [0.15, 0.2) is 42.5 Å². The summed E-state index contributed by atoms with van der Waals surface area (Å²) in [5.41, 5.74) is 1.11. The summed E-state index contributed by atoms with van der Waals surface area (Å²) in [6, 6.07) is 12.7. The fraction of sp³-hybridized carbons (Fsp3) is 0.214. The topological polar surface area (TPSA) is 80.1 Å². The SMILES string of the molecule is CCNc1cc([N+](=O)[O-])cc(NCc2ccccc2)n1. The number of nitrogens with one attached hydrogen (secondary N) is 2. The highest BCUT2D eigenvalue weighted by Gasteiger charge is 2.10. The molecular formula is C14H16N4O2. The van der Waals surface area contributed by atoms with Gasteiger partial charge in [0.25, 0.3) is 5.69 Å². The van der Waals surface area contributed by atoms with Gasteiger partial charge in [0.15, 0.2) is 0 Å². The van der Waals surface area contributed by atoms with E-state index in [1.54, 1.807) is 0 Å². The van der Waals surface area contributed by atoms with Gasteiger partial charge in [-0.05, 0) is 12.5 Å². The number of aromatic nitrogens is 1. The van der Waals surface area contributed by atoms with Crippen LogP contribution >= 0.6 is 0 Å². The predicted molar refractivity (Wildman–Crippen MR) is 78.8 cm³/mol. The Hall–Kier alpha value is -2.63. The number of pyridine rings is 1. The second-order valence-electron chi connectivity index (χ2n) is 4.22. The van der Waals surface area contributed by atoms with Gasteiger partial charge < -0.3 is 10.6 Å². The van der Waals surface area contributed by atoms with Crippen LogP contribution in [-0.4, -0.2) is 16.5 Å². The third-order valence-electron chi connectivity index (χ3n) is 2.70. The highest BCUT2D eigenvalue weighted by Crippen LogP contribution is 2.21. The molecule has 0 bridgehead atoms. The van der Waals surface area contributed by atoms with Crippen molar-refractivity contribution in [1.29, 1.82) is 0 Å². The van der Waals surface area contributed by atoms with Crippen molar-refractivity contribution in [3.63, 3.8) is 0 Å².